The zero-order valence-electron chi connectivity index (χ0n) is 14.8. The van der Waals surface area contributed by atoms with Gasteiger partial charge in [0.1, 0.15) is 5.85 Å². The number of rotatable bonds is 4. The maximum absolute atomic E-state index is 14.3. The van der Waals surface area contributed by atoms with Gasteiger partial charge >= 0.3 is 0 Å². The molecule has 1 unspecified atom stereocenters. The van der Waals surface area contributed by atoms with Crippen LogP contribution in [0.4, 0.5) is 0 Å². The van der Waals surface area contributed by atoms with Crippen LogP contribution in [0.25, 0.3) is 0 Å². The van der Waals surface area contributed by atoms with Gasteiger partial charge in [0.05, 0.1) is 0 Å². The molecule has 3 rings (SSSR count). The van der Waals surface area contributed by atoms with Crippen LogP contribution in [0, 0.1) is 20.8 Å². The van der Waals surface area contributed by atoms with Gasteiger partial charge in [-0.2, -0.15) is 0 Å². The molecular weight excluding hydrogens is 327 g/mol. The lowest BCUT2D eigenvalue weighted by Crippen LogP contribution is -2.22. The molecule has 0 heterocycles. The third-order valence-corrected chi connectivity index (χ3v) is 7.70. The molecule has 0 aliphatic rings. The van der Waals surface area contributed by atoms with Crippen LogP contribution < -0.4 is 10.6 Å². The Bertz CT molecular complexity index is 851. The largest absolute Gasteiger partial charge is 0.380 e. The van der Waals surface area contributed by atoms with Crippen molar-refractivity contribution in [1.82, 2.24) is 0 Å². The van der Waals surface area contributed by atoms with Crippen molar-refractivity contribution in [2.24, 2.45) is 0 Å². The summed E-state index contributed by atoms with van der Waals surface area (Å²) in [5, 5.41) is 12.7. The molecule has 0 bridgehead atoms. The molecule has 25 heavy (non-hydrogen) atoms. The molecule has 0 radical (unpaired) electrons. The summed E-state index contributed by atoms with van der Waals surface area (Å²) >= 11 is 0. The van der Waals surface area contributed by atoms with Gasteiger partial charge in [-0.25, -0.2) is 0 Å². The van der Waals surface area contributed by atoms with Gasteiger partial charge in [0.15, 0.2) is 7.14 Å². The average Bonchev–Trinajstić information content (AvgIpc) is 2.61. The fourth-order valence-electron chi connectivity index (χ4n) is 3.51. The van der Waals surface area contributed by atoms with Gasteiger partial charge in [-0.3, -0.25) is 0 Å². The summed E-state index contributed by atoms with van der Waals surface area (Å²) in [7, 11) is -3.25. The first-order valence-corrected chi connectivity index (χ1v) is 10.2. The first-order valence-electron chi connectivity index (χ1n) is 8.41. The third-order valence-electron chi connectivity index (χ3n) is 4.62. The molecule has 0 aromatic heterocycles. The Morgan fingerprint density at radius 1 is 0.760 bits per heavy atom. The maximum atomic E-state index is 14.3. The topological polar surface area (TPSA) is 37.3 Å². The minimum Gasteiger partial charge on any atom is -0.380 e. The van der Waals surface area contributed by atoms with E-state index >= 15 is 0 Å². The molecule has 0 fully saturated rings. The van der Waals surface area contributed by atoms with Gasteiger partial charge in [0, 0.05) is 10.6 Å². The Morgan fingerprint density at radius 3 is 1.56 bits per heavy atom. The molecule has 0 saturated heterocycles. The Kier molecular flexibility index (Phi) is 4.94. The second kappa shape index (κ2) is 7.00. The standard InChI is InChI=1S/C22H23O2P/c1-16-14-17(2)21(18(3)15-16)22(23)25(24,19-10-6-4-7-11-19)20-12-8-5-9-13-20/h4-15,22-23H,1-3H3. The highest BCUT2D eigenvalue weighted by Gasteiger charge is 2.37. The van der Waals surface area contributed by atoms with Gasteiger partial charge in [-0.1, -0.05) is 78.4 Å². The van der Waals surface area contributed by atoms with E-state index in [0.717, 1.165) is 22.3 Å². The Morgan fingerprint density at radius 2 is 1.16 bits per heavy atom. The van der Waals surface area contributed by atoms with Crippen LogP contribution >= 0.6 is 7.14 Å². The fraction of sp³-hybridized carbons (Fsp3) is 0.182. The van der Waals surface area contributed by atoms with E-state index in [-0.39, 0.29) is 0 Å². The number of aliphatic hydroxyl groups is 1. The van der Waals surface area contributed by atoms with Gasteiger partial charge in [0.2, 0.25) is 0 Å². The molecule has 3 heteroatoms. The molecule has 0 spiro atoms. The summed E-state index contributed by atoms with van der Waals surface area (Å²) in [5.41, 5.74) is 3.84. The summed E-state index contributed by atoms with van der Waals surface area (Å²) < 4.78 is 14.3. The van der Waals surface area contributed by atoms with Crippen molar-refractivity contribution in [3.05, 3.63) is 95.1 Å². The summed E-state index contributed by atoms with van der Waals surface area (Å²) in [5.74, 6) is -1.07. The molecule has 3 aromatic rings. The molecule has 0 aliphatic carbocycles. The van der Waals surface area contributed by atoms with Crippen molar-refractivity contribution in [2.75, 3.05) is 0 Å². The van der Waals surface area contributed by atoms with E-state index in [1.54, 1.807) is 0 Å². The first kappa shape index (κ1) is 17.7. The van der Waals surface area contributed by atoms with Crippen LogP contribution in [0.2, 0.25) is 0 Å². The highest BCUT2D eigenvalue weighted by Crippen LogP contribution is 2.56. The van der Waals surface area contributed by atoms with Crippen molar-refractivity contribution >= 4 is 17.8 Å². The van der Waals surface area contributed by atoms with Crippen LogP contribution in [0.15, 0.2) is 72.8 Å². The van der Waals surface area contributed by atoms with E-state index in [9.17, 15) is 9.67 Å². The number of aliphatic hydroxyl groups excluding tert-OH is 1. The fourth-order valence-corrected chi connectivity index (χ4v) is 6.37. The molecular formula is C22H23O2P. The molecule has 0 saturated carbocycles. The van der Waals surface area contributed by atoms with Gasteiger partial charge < -0.3 is 9.67 Å². The second-order valence-electron chi connectivity index (χ2n) is 6.52. The predicted octanol–water partition coefficient (Wildman–Crippen LogP) is 4.62. The Labute approximate surface area is 149 Å². The summed E-state index contributed by atoms with van der Waals surface area (Å²) in [6.45, 7) is 5.97. The molecule has 128 valence electrons. The zero-order valence-corrected chi connectivity index (χ0v) is 15.7. The smallest absolute Gasteiger partial charge is 0.174 e. The van der Waals surface area contributed by atoms with Crippen molar-refractivity contribution in [1.29, 1.82) is 0 Å². The van der Waals surface area contributed by atoms with Crippen molar-refractivity contribution < 1.29 is 9.67 Å². The molecule has 1 atom stereocenters. The molecule has 3 aromatic carbocycles. The van der Waals surface area contributed by atoms with Crippen LogP contribution in [-0.2, 0) is 4.57 Å². The average molecular weight is 350 g/mol. The van der Waals surface area contributed by atoms with E-state index in [4.69, 9.17) is 0 Å². The highest BCUT2D eigenvalue weighted by atomic mass is 31.2. The normalized spacial score (nSPS) is 12.8. The summed E-state index contributed by atoms with van der Waals surface area (Å²) in [4.78, 5) is 0. The van der Waals surface area contributed by atoms with E-state index in [1.165, 1.54) is 0 Å². The number of aryl methyl sites for hydroxylation is 3. The summed E-state index contributed by atoms with van der Waals surface area (Å²) in [6, 6.07) is 22.7. The lowest BCUT2D eigenvalue weighted by molar-refractivity contribution is 0.255. The van der Waals surface area contributed by atoms with Gasteiger partial charge in [-0.05, 0) is 37.5 Å². The lowest BCUT2D eigenvalue weighted by atomic mass is 10.0. The maximum Gasteiger partial charge on any atom is 0.174 e. The molecule has 0 amide bonds. The Hall–Kier alpha value is -2.15. The second-order valence-corrected chi connectivity index (χ2v) is 9.35. The van der Waals surface area contributed by atoms with Crippen LogP contribution in [0.5, 0.6) is 0 Å². The van der Waals surface area contributed by atoms with Crippen molar-refractivity contribution in [3.63, 3.8) is 0 Å². The SMILES string of the molecule is Cc1cc(C)c(C(O)P(=O)(c2ccccc2)c2ccccc2)c(C)c1. The molecule has 1 N–H and O–H groups in total. The quantitative estimate of drug-likeness (QED) is 0.697. The number of hydrogen-bond donors (Lipinski definition) is 1. The lowest BCUT2D eigenvalue weighted by Gasteiger charge is -2.27. The number of benzene rings is 3. The minimum absolute atomic E-state index is 0.674. The van der Waals surface area contributed by atoms with E-state index in [2.05, 4.69) is 0 Å². The van der Waals surface area contributed by atoms with Crippen LogP contribution in [0.1, 0.15) is 28.1 Å². The van der Waals surface area contributed by atoms with Gasteiger partial charge in [0.25, 0.3) is 0 Å². The zero-order chi connectivity index (χ0) is 18.0. The first-order chi connectivity index (χ1) is 11.9. The van der Waals surface area contributed by atoms with Crippen molar-refractivity contribution in [2.45, 2.75) is 26.6 Å². The highest BCUT2D eigenvalue weighted by molar-refractivity contribution is 7.78. The minimum atomic E-state index is -3.25. The van der Waals surface area contributed by atoms with E-state index in [1.807, 2.05) is 93.6 Å². The number of hydrogen-bond acceptors (Lipinski definition) is 2. The Balaban J connectivity index is 2.25. The van der Waals surface area contributed by atoms with E-state index in [0.29, 0.717) is 10.6 Å². The van der Waals surface area contributed by atoms with E-state index < -0.39 is 13.0 Å². The van der Waals surface area contributed by atoms with Crippen LogP contribution in [0.3, 0.4) is 0 Å². The predicted molar refractivity (Wildman–Crippen MR) is 105 cm³/mol. The molecule has 0 aliphatic heterocycles. The molecule has 2 nitrogen and oxygen atoms in total. The van der Waals surface area contributed by atoms with Crippen molar-refractivity contribution in [3.8, 4) is 0 Å². The monoisotopic (exact) mass is 350 g/mol. The van der Waals surface area contributed by atoms with Gasteiger partial charge in [-0.15, -0.1) is 0 Å². The van der Waals surface area contributed by atoms with Crippen LogP contribution in [-0.4, -0.2) is 5.11 Å². The summed E-state index contributed by atoms with van der Waals surface area (Å²) in [6.07, 6.45) is 0. The third kappa shape index (κ3) is 3.20.